The lowest BCUT2D eigenvalue weighted by molar-refractivity contribution is -0.132. The number of benzene rings is 1. The van der Waals surface area contributed by atoms with E-state index < -0.39 is 10.0 Å². The molecule has 0 unspecified atom stereocenters. The van der Waals surface area contributed by atoms with Crippen molar-refractivity contribution < 1.29 is 17.9 Å². The highest BCUT2D eigenvalue weighted by Crippen LogP contribution is 2.23. The normalized spacial score (nSPS) is 19.2. The van der Waals surface area contributed by atoms with Crippen LogP contribution in [0.25, 0.3) is 0 Å². The van der Waals surface area contributed by atoms with E-state index in [9.17, 15) is 13.2 Å². The van der Waals surface area contributed by atoms with E-state index in [4.69, 9.17) is 4.74 Å². The third-order valence-electron chi connectivity index (χ3n) is 5.00. The first-order valence-corrected chi connectivity index (χ1v) is 10.9. The Morgan fingerprint density at radius 2 is 2.00 bits per heavy atom. The van der Waals surface area contributed by atoms with Crippen molar-refractivity contribution in [1.29, 1.82) is 0 Å². The minimum Gasteiger partial charge on any atom is -0.497 e. The third-order valence-corrected chi connectivity index (χ3v) is 6.42. The van der Waals surface area contributed by atoms with Gasteiger partial charge in [0.15, 0.2) is 0 Å². The summed E-state index contributed by atoms with van der Waals surface area (Å²) in [7, 11) is -1.82. The van der Waals surface area contributed by atoms with E-state index in [2.05, 4.69) is 4.72 Å². The fourth-order valence-corrected chi connectivity index (χ4v) is 4.94. The van der Waals surface area contributed by atoms with E-state index in [-0.39, 0.29) is 23.7 Å². The lowest BCUT2D eigenvalue weighted by atomic mass is 10.00. The van der Waals surface area contributed by atoms with Gasteiger partial charge in [0.05, 0.1) is 12.9 Å². The van der Waals surface area contributed by atoms with Crippen LogP contribution in [0, 0.1) is 0 Å². The van der Waals surface area contributed by atoms with Crippen LogP contribution in [0.5, 0.6) is 5.75 Å². The largest absolute Gasteiger partial charge is 0.497 e. The number of hydrogen-bond donors (Lipinski definition) is 1. The first-order chi connectivity index (χ1) is 12.4. The van der Waals surface area contributed by atoms with Gasteiger partial charge in [-0.05, 0) is 49.8 Å². The zero-order valence-electron chi connectivity index (χ0n) is 15.9. The Bertz CT molecular complexity index is 688. The van der Waals surface area contributed by atoms with Gasteiger partial charge in [-0.1, -0.05) is 19.1 Å². The van der Waals surface area contributed by atoms with E-state index >= 15 is 0 Å². The molecule has 1 aromatic rings. The van der Waals surface area contributed by atoms with Crippen LogP contribution in [-0.2, 0) is 14.8 Å². The highest BCUT2D eigenvalue weighted by Gasteiger charge is 2.27. The molecule has 26 heavy (non-hydrogen) atoms. The van der Waals surface area contributed by atoms with Crippen LogP contribution >= 0.6 is 0 Å². The second kappa shape index (κ2) is 9.37. The number of sulfonamides is 1. The number of carbonyl (C=O) groups is 1. The van der Waals surface area contributed by atoms with Gasteiger partial charge in [-0.2, -0.15) is 0 Å². The first-order valence-electron chi connectivity index (χ1n) is 9.27. The lowest BCUT2D eigenvalue weighted by Crippen LogP contribution is -2.44. The topological polar surface area (TPSA) is 75.7 Å². The van der Waals surface area contributed by atoms with E-state index in [0.29, 0.717) is 12.8 Å². The predicted octanol–water partition coefficient (Wildman–Crippen LogP) is 2.86. The number of rotatable bonds is 8. The molecule has 0 aliphatic carbocycles. The van der Waals surface area contributed by atoms with Gasteiger partial charge >= 0.3 is 0 Å². The minimum atomic E-state index is -3.42. The fraction of sp³-hybridized carbons (Fsp3) is 0.632. The Kier molecular flexibility index (Phi) is 7.46. The van der Waals surface area contributed by atoms with Gasteiger partial charge in [0.2, 0.25) is 15.9 Å². The number of amides is 1. The van der Waals surface area contributed by atoms with Crippen LogP contribution in [0.3, 0.4) is 0 Å². The van der Waals surface area contributed by atoms with Crippen molar-refractivity contribution in [2.45, 2.75) is 58.0 Å². The molecule has 1 aliphatic heterocycles. The van der Waals surface area contributed by atoms with Crippen LogP contribution in [-0.4, -0.2) is 44.7 Å². The minimum absolute atomic E-state index is 0.0267. The van der Waals surface area contributed by atoms with Crippen LogP contribution in [0.4, 0.5) is 0 Å². The Balaban J connectivity index is 1.98. The molecule has 1 heterocycles. The summed E-state index contributed by atoms with van der Waals surface area (Å²) >= 11 is 0. The van der Waals surface area contributed by atoms with Crippen molar-refractivity contribution in [2.75, 3.05) is 19.4 Å². The van der Waals surface area contributed by atoms with Crippen LogP contribution in [0.1, 0.15) is 57.6 Å². The van der Waals surface area contributed by atoms with Crippen molar-refractivity contribution >= 4 is 15.9 Å². The molecule has 1 amide bonds. The van der Waals surface area contributed by atoms with Gasteiger partial charge < -0.3 is 9.64 Å². The van der Waals surface area contributed by atoms with Crippen molar-refractivity contribution in [3.8, 4) is 5.75 Å². The molecule has 0 saturated carbocycles. The highest BCUT2D eigenvalue weighted by atomic mass is 32.2. The molecule has 2 atom stereocenters. The number of nitrogens with zero attached hydrogens (tertiary/aromatic N) is 1. The van der Waals surface area contributed by atoms with Crippen molar-refractivity contribution in [1.82, 2.24) is 9.62 Å². The Morgan fingerprint density at radius 1 is 1.31 bits per heavy atom. The van der Waals surface area contributed by atoms with Gasteiger partial charge in [-0.15, -0.1) is 0 Å². The van der Waals surface area contributed by atoms with Gasteiger partial charge in [-0.3, -0.25) is 4.79 Å². The molecule has 146 valence electrons. The van der Waals surface area contributed by atoms with Crippen molar-refractivity contribution in [3.63, 3.8) is 0 Å². The summed E-state index contributed by atoms with van der Waals surface area (Å²) < 4.78 is 33.1. The van der Waals surface area contributed by atoms with E-state index in [0.717, 1.165) is 37.1 Å². The van der Waals surface area contributed by atoms with E-state index in [1.54, 1.807) is 14.0 Å². The summed E-state index contributed by atoms with van der Waals surface area (Å²) in [5.74, 6) is 0.812. The van der Waals surface area contributed by atoms with Crippen molar-refractivity contribution in [3.05, 3.63) is 29.8 Å². The van der Waals surface area contributed by atoms with Crippen LogP contribution in [0.15, 0.2) is 24.3 Å². The third kappa shape index (κ3) is 5.71. The average molecular weight is 383 g/mol. The molecule has 0 spiro atoms. The summed E-state index contributed by atoms with van der Waals surface area (Å²) in [5, 5.41) is 0. The quantitative estimate of drug-likeness (QED) is 0.750. The molecule has 1 saturated heterocycles. The lowest BCUT2D eigenvalue weighted by Gasteiger charge is -2.35. The molecule has 1 N–H and O–H groups in total. The summed E-state index contributed by atoms with van der Waals surface area (Å²) in [4.78, 5) is 13.6. The molecule has 1 aliphatic rings. The highest BCUT2D eigenvalue weighted by molar-refractivity contribution is 7.89. The second-order valence-electron chi connectivity index (χ2n) is 6.82. The van der Waals surface area contributed by atoms with E-state index in [1.165, 1.54) is 0 Å². The predicted molar refractivity (Wildman–Crippen MR) is 103 cm³/mol. The number of nitrogens with one attached hydrogen (secondary N) is 1. The average Bonchev–Trinajstić information content (AvgIpc) is 2.65. The summed E-state index contributed by atoms with van der Waals surface area (Å²) in [5.41, 5.74) is 0.917. The standard InChI is InChI=1S/C19H30N2O4S/c1-4-19(16-8-10-18(25-3)11-9-16)20-26(23,24)14-12-17-7-5-6-13-21(17)15(2)22/h8-11,17,19-20H,4-7,12-14H2,1-3H3/t17-,19-/m0/s1. The Labute approximate surface area is 157 Å². The number of methoxy groups -OCH3 is 1. The summed E-state index contributed by atoms with van der Waals surface area (Å²) in [6, 6.07) is 7.19. The van der Waals surface area contributed by atoms with Crippen LogP contribution < -0.4 is 9.46 Å². The molecule has 6 nitrogen and oxygen atoms in total. The zero-order valence-corrected chi connectivity index (χ0v) is 16.7. The molecule has 7 heteroatoms. The zero-order chi connectivity index (χ0) is 19.2. The van der Waals surface area contributed by atoms with Gasteiger partial charge in [0.25, 0.3) is 0 Å². The molecule has 0 aromatic heterocycles. The van der Waals surface area contributed by atoms with Gasteiger partial charge in [0.1, 0.15) is 5.75 Å². The first kappa shape index (κ1) is 20.7. The molecular formula is C19H30N2O4S. The van der Waals surface area contributed by atoms with Crippen molar-refractivity contribution in [2.24, 2.45) is 0 Å². The van der Waals surface area contributed by atoms with Crippen LogP contribution in [0.2, 0.25) is 0 Å². The smallest absolute Gasteiger partial charge is 0.219 e. The molecule has 1 aromatic carbocycles. The number of piperidine rings is 1. The van der Waals surface area contributed by atoms with E-state index in [1.807, 2.05) is 36.1 Å². The number of ether oxygens (including phenoxy) is 1. The molecule has 0 radical (unpaired) electrons. The summed E-state index contributed by atoms with van der Waals surface area (Å²) in [6.07, 6.45) is 4.06. The molecule has 0 bridgehead atoms. The maximum atomic E-state index is 12.6. The monoisotopic (exact) mass is 382 g/mol. The fourth-order valence-electron chi connectivity index (χ4n) is 3.51. The number of likely N-dealkylation sites (tertiary alicyclic amines) is 1. The second-order valence-corrected chi connectivity index (χ2v) is 8.69. The summed E-state index contributed by atoms with van der Waals surface area (Å²) in [6.45, 7) is 4.24. The maximum Gasteiger partial charge on any atom is 0.219 e. The molecule has 1 fully saturated rings. The van der Waals surface area contributed by atoms with Gasteiger partial charge in [0, 0.05) is 25.6 Å². The Hall–Kier alpha value is -1.60. The number of carbonyl (C=O) groups excluding carboxylic acids is 1. The maximum absolute atomic E-state index is 12.6. The molecular weight excluding hydrogens is 352 g/mol. The Morgan fingerprint density at radius 3 is 2.58 bits per heavy atom. The van der Waals surface area contributed by atoms with Gasteiger partial charge in [-0.25, -0.2) is 13.1 Å². The number of hydrogen-bond acceptors (Lipinski definition) is 4. The molecule has 2 rings (SSSR count). The SMILES string of the molecule is CC[C@H](NS(=O)(=O)CC[C@@H]1CCCCN1C(C)=O)c1ccc(OC)cc1.